The van der Waals surface area contributed by atoms with Crippen molar-refractivity contribution in [3.63, 3.8) is 0 Å². The highest BCUT2D eigenvalue weighted by Crippen LogP contribution is 2.77. The van der Waals surface area contributed by atoms with Crippen molar-refractivity contribution < 1.29 is 0 Å². The standard InChI is InChI=1S/C10H10Cl8/c11-2-8(7(15)16)4-1-10(17,18)9(8,3-12)6(14)5(4)13/h4-7H,1-3H2/t4-,5+,6-,8?,9+/m1/s1. The molecule has 2 saturated carbocycles. The van der Waals surface area contributed by atoms with Crippen LogP contribution >= 0.6 is 92.8 Å². The lowest BCUT2D eigenvalue weighted by molar-refractivity contribution is 0.149. The number of alkyl halides is 8. The molecule has 0 radical (unpaired) electrons. The van der Waals surface area contributed by atoms with Gasteiger partial charge in [0.2, 0.25) is 0 Å². The highest BCUT2D eigenvalue weighted by atomic mass is 35.5. The van der Waals surface area contributed by atoms with Crippen LogP contribution in [0.4, 0.5) is 0 Å². The minimum absolute atomic E-state index is 0.108. The van der Waals surface area contributed by atoms with Crippen molar-refractivity contribution in [1.82, 2.24) is 0 Å². The van der Waals surface area contributed by atoms with E-state index >= 15 is 0 Å². The number of halogens is 8. The number of rotatable bonds is 3. The molecule has 0 aromatic rings. The van der Waals surface area contributed by atoms with Gasteiger partial charge >= 0.3 is 0 Å². The van der Waals surface area contributed by atoms with Crippen LogP contribution in [0.2, 0.25) is 0 Å². The zero-order valence-electron chi connectivity index (χ0n) is 8.95. The summed E-state index contributed by atoms with van der Waals surface area (Å²) in [6.07, 6.45) is 0.433. The van der Waals surface area contributed by atoms with Crippen molar-refractivity contribution >= 4 is 92.8 Å². The molecule has 0 amide bonds. The van der Waals surface area contributed by atoms with Gasteiger partial charge in [-0.1, -0.05) is 0 Å². The van der Waals surface area contributed by atoms with Crippen LogP contribution in [0.15, 0.2) is 0 Å². The van der Waals surface area contributed by atoms with Crippen LogP contribution in [0.25, 0.3) is 0 Å². The summed E-state index contributed by atoms with van der Waals surface area (Å²) >= 11 is 50.4. The quantitative estimate of drug-likeness (QED) is 0.523. The molecule has 18 heavy (non-hydrogen) atoms. The predicted octanol–water partition coefficient (Wildman–Crippen LogP) is 5.66. The van der Waals surface area contributed by atoms with Gasteiger partial charge in [0.15, 0.2) is 0 Å². The minimum atomic E-state index is -1.13. The molecule has 2 rings (SSSR count). The molecule has 0 aromatic carbocycles. The van der Waals surface area contributed by atoms with Gasteiger partial charge in [-0.3, -0.25) is 0 Å². The van der Waals surface area contributed by atoms with Gasteiger partial charge in [0.25, 0.3) is 0 Å². The van der Waals surface area contributed by atoms with Crippen molar-refractivity contribution in [3.05, 3.63) is 0 Å². The summed E-state index contributed by atoms with van der Waals surface area (Å²) in [7, 11) is 0. The Balaban J connectivity index is 2.68. The van der Waals surface area contributed by atoms with Gasteiger partial charge in [-0.2, -0.15) is 0 Å². The molecule has 0 spiro atoms. The highest BCUT2D eigenvalue weighted by molar-refractivity contribution is 6.52. The first kappa shape index (κ1) is 16.7. The fraction of sp³-hybridized carbons (Fsp3) is 1.00. The third kappa shape index (κ3) is 1.67. The minimum Gasteiger partial charge on any atom is -0.126 e. The van der Waals surface area contributed by atoms with E-state index in [1.807, 2.05) is 0 Å². The average molecular weight is 414 g/mol. The van der Waals surface area contributed by atoms with Gasteiger partial charge in [-0.25, -0.2) is 0 Å². The monoisotopic (exact) mass is 410 g/mol. The van der Waals surface area contributed by atoms with E-state index in [1.54, 1.807) is 0 Å². The van der Waals surface area contributed by atoms with Gasteiger partial charge in [0, 0.05) is 22.6 Å². The van der Waals surface area contributed by atoms with Crippen molar-refractivity contribution in [2.45, 2.75) is 26.3 Å². The zero-order chi connectivity index (χ0) is 13.9. The van der Waals surface area contributed by atoms with E-state index in [4.69, 9.17) is 92.8 Å². The van der Waals surface area contributed by atoms with Crippen molar-refractivity contribution in [3.8, 4) is 0 Å². The summed E-state index contributed by atoms with van der Waals surface area (Å²) in [4.78, 5) is -0.789. The summed E-state index contributed by atoms with van der Waals surface area (Å²) in [5.74, 6) is 0.111. The van der Waals surface area contributed by atoms with Crippen LogP contribution in [0.3, 0.4) is 0 Å². The first-order chi connectivity index (χ1) is 8.23. The second-order valence-corrected chi connectivity index (χ2v) is 9.03. The van der Waals surface area contributed by atoms with Gasteiger partial charge < -0.3 is 0 Å². The first-order valence-corrected chi connectivity index (χ1v) is 8.86. The molecule has 0 aromatic heterocycles. The number of hydrogen-bond acceptors (Lipinski definition) is 0. The fourth-order valence-electron chi connectivity index (χ4n) is 3.57. The summed E-state index contributed by atoms with van der Waals surface area (Å²) in [5.41, 5.74) is -1.68. The summed E-state index contributed by atoms with van der Waals surface area (Å²) in [6.45, 7) is 0. The van der Waals surface area contributed by atoms with E-state index < -0.39 is 25.4 Å². The highest BCUT2D eigenvalue weighted by Gasteiger charge is 2.81. The van der Waals surface area contributed by atoms with Crippen LogP contribution in [-0.4, -0.2) is 31.7 Å². The van der Waals surface area contributed by atoms with E-state index in [9.17, 15) is 0 Å². The van der Waals surface area contributed by atoms with Gasteiger partial charge in [-0.05, 0) is 12.3 Å². The van der Waals surface area contributed by atoms with Crippen molar-refractivity contribution in [2.75, 3.05) is 11.8 Å². The SMILES string of the molecule is ClCC1(C(Cl)Cl)[C@@H]2CC(Cl)(Cl)[C@@]1(CCl)[C@H](Cl)[C@H]2Cl. The lowest BCUT2D eigenvalue weighted by Gasteiger charge is -2.48. The van der Waals surface area contributed by atoms with E-state index in [2.05, 4.69) is 0 Å². The Morgan fingerprint density at radius 3 is 1.94 bits per heavy atom. The molecule has 5 atom stereocenters. The Morgan fingerprint density at radius 1 is 1.06 bits per heavy atom. The molecule has 0 heterocycles. The average Bonchev–Trinajstić information content (AvgIpc) is 2.61. The lowest BCUT2D eigenvalue weighted by atomic mass is 9.69. The molecular weight excluding hydrogens is 404 g/mol. The Morgan fingerprint density at radius 2 is 1.61 bits per heavy atom. The molecule has 2 aliphatic carbocycles. The largest absolute Gasteiger partial charge is 0.127 e. The summed E-state index contributed by atoms with van der Waals surface area (Å²) in [5, 5.41) is -0.876. The van der Waals surface area contributed by atoms with Crippen LogP contribution in [-0.2, 0) is 0 Å². The molecule has 0 N–H and O–H groups in total. The molecule has 1 unspecified atom stereocenters. The van der Waals surface area contributed by atoms with Crippen LogP contribution in [0, 0.1) is 16.7 Å². The fourth-order valence-corrected chi connectivity index (χ4v) is 8.38. The second kappa shape index (κ2) is 5.20. The molecule has 8 heteroatoms. The first-order valence-electron chi connectivity index (χ1n) is 5.29. The molecule has 2 fully saturated rings. The van der Waals surface area contributed by atoms with E-state index in [0.717, 1.165) is 0 Å². The molecule has 106 valence electrons. The number of fused-ring (bicyclic) bond motifs is 2. The van der Waals surface area contributed by atoms with Crippen molar-refractivity contribution in [1.29, 1.82) is 0 Å². The topological polar surface area (TPSA) is 0 Å². The second-order valence-electron chi connectivity index (χ2n) is 4.94. The maximum Gasteiger partial charge on any atom is 0.127 e. The third-order valence-electron chi connectivity index (χ3n) is 4.58. The predicted molar refractivity (Wildman–Crippen MR) is 83.6 cm³/mol. The van der Waals surface area contributed by atoms with Crippen LogP contribution in [0.5, 0.6) is 0 Å². The van der Waals surface area contributed by atoms with Gasteiger partial charge in [0.05, 0.1) is 10.8 Å². The third-order valence-corrected chi connectivity index (χ3v) is 8.53. The van der Waals surface area contributed by atoms with E-state index in [-0.39, 0.29) is 23.1 Å². The van der Waals surface area contributed by atoms with Gasteiger partial charge in [0.1, 0.15) is 9.17 Å². The number of hydrogen-bond donors (Lipinski definition) is 0. The van der Waals surface area contributed by atoms with Crippen LogP contribution < -0.4 is 0 Å². The maximum absolute atomic E-state index is 6.45. The zero-order valence-corrected chi connectivity index (χ0v) is 15.0. The van der Waals surface area contributed by atoms with E-state index in [0.29, 0.717) is 6.42 Å². The molecule has 2 bridgehead atoms. The maximum atomic E-state index is 6.45. The van der Waals surface area contributed by atoms with Crippen molar-refractivity contribution in [2.24, 2.45) is 16.7 Å². The normalized spacial score (nSPS) is 50.2. The Labute approximate surface area is 146 Å². The Kier molecular flexibility index (Phi) is 4.82. The summed E-state index contributed by atoms with van der Waals surface area (Å²) < 4.78 is -1.13. The van der Waals surface area contributed by atoms with E-state index in [1.165, 1.54) is 0 Å². The molecular formula is C10H10Cl8. The molecule has 0 saturated heterocycles. The Hall–Kier alpha value is 2.32. The van der Waals surface area contributed by atoms with Crippen LogP contribution in [0.1, 0.15) is 6.42 Å². The van der Waals surface area contributed by atoms with Gasteiger partial charge in [-0.15, -0.1) is 92.8 Å². The molecule has 2 aliphatic rings. The Bertz CT molecular complexity index is 345. The summed E-state index contributed by atoms with van der Waals surface area (Å²) in [6, 6.07) is 0. The lowest BCUT2D eigenvalue weighted by Crippen LogP contribution is -2.55. The molecule has 0 aliphatic heterocycles. The molecule has 0 nitrogen and oxygen atoms in total. The smallest absolute Gasteiger partial charge is 0.126 e.